The van der Waals surface area contributed by atoms with Crippen molar-refractivity contribution in [1.82, 2.24) is 10.4 Å². The van der Waals surface area contributed by atoms with Crippen molar-refractivity contribution in [3.05, 3.63) is 49.2 Å². The van der Waals surface area contributed by atoms with E-state index in [1.165, 1.54) is 28.0 Å². The van der Waals surface area contributed by atoms with E-state index in [-0.39, 0.29) is 11.8 Å². The Labute approximate surface area is 144 Å². The number of thiocarbonyl (C=S) groups is 1. The SMILES string of the molecule is Cc1ccc(/C=C2/SC(=S)N(NC(=O)c3cccs3)C2=O)s1. The predicted octanol–water partition coefficient (Wildman–Crippen LogP) is 3.66. The maximum absolute atomic E-state index is 12.4. The number of nitrogens with zero attached hydrogens (tertiary/aromatic N) is 1. The van der Waals surface area contributed by atoms with Crippen molar-refractivity contribution < 1.29 is 9.59 Å². The van der Waals surface area contributed by atoms with Gasteiger partial charge >= 0.3 is 0 Å². The first-order valence-electron chi connectivity index (χ1n) is 6.23. The van der Waals surface area contributed by atoms with Gasteiger partial charge in [-0.15, -0.1) is 22.7 Å². The summed E-state index contributed by atoms with van der Waals surface area (Å²) in [6.45, 7) is 2.01. The Hall–Kier alpha value is -1.48. The summed E-state index contributed by atoms with van der Waals surface area (Å²) in [7, 11) is 0. The highest BCUT2D eigenvalue weighted by atomic mass is 32.2. The Morgan fingerprint density at radius 2 is 2.18 bits per heavy atom. The molecule has 0 atom stereocenters. The summed E-state index contributed by atoms with van der Waals surface area (Å²) < 4.78 is 0.328. The van der Waals surface area contributed by atoms with Crippen molar-refractivity contribution in [2.24, 2.45) is 0 Å². The van der Waals surface area contributed by atoms with Gasteiger partial charge in [-0.2, -0.15) is 5.01 Å². The number of carbonyl (C=O) groups excluding carboxylic acids is 2. The maximum Gasteiger partial charge on any atom is 0.285 e. The van der Waals surface area contributed by atoms with Crippen LogP contribution < -0.4 is 5.43 Å². The van der Waals surface area contributed by atoms with Gasteiger partial charge in [0.1, 0.15) is 0 Å². The van der Waals surface area contributed by atoms with Crippen LogP contribution in [0.5, 0.6) is 0 Å². The second kappa shape index (κ2) is 6.33. The molecule has 0 unspecified atom stereocenters. The molecule has 4 nitrogen and oxygen atoms in total. The van der Waals surface area contributed by atoms with Gasteiger partial charge in [-0.05, 0) is 48.8 Å². The molecule has 2 aromatic heterocycles. The molecule has 1 N–H and O–H groups in total. The molecule has 3 rings (SSSR count). The first kappa shape index (κ1) is 15.4. The van der Waals surface area contributed by atoms with E-state index < -0.39 is 0 Å². The topological polar surface area (TPSA) is 49.4 Å². The third kappa shape index (κ3) is 3.14. The highest BCUT2D eigenvalue weighted by molar-refractivity contribution is 8.26. The molecule has 112 valence electrons. The number of thiophene rings is 2. The molecule has 8 heteroatoms. The van der Waals surface area contributed by atoms with E-state index in [1.54, 1.807) is 34.9 Å². The van der Waals surface area contributed by atoms with Gasteiger partial charge in [-0.1, -0.05) is 17.8 Å². The molecular formula is C14H10N2O2S4. The van der Waals surface area contributed by atoms with Gasteiger partial charge in [0.2, 0.25) is 0 Å². The fourth-order valence-corrected chi connectivity index (χ4v) is 4.47. The Morgan fingerprint density at radius 3 is 2.82 bits per heavy atom. The molecule has 0 radical (unpaired) electrons. The monoisotopic (exact) mass is 366 g/mol. The van der Waals surface area contributed by atoms with Gasteiger partial charge < -0.3 is 0 Å². The molecule has 22 heavy (non-hydrogen) atoms. The van der Waals surface area contributed by atoms with Gasteiger partial charge in [-0.25, -0.2) is 0 Å². The highest BCUT2D eigenvalue weighted by Crippen LogP contribution is 2.32. The van der Waals surface area contributed by atoms with Crippen LogP contribution in [-0.2, 0) is 4.79 Å². The maximum atomic E-state index is 12.4. The lowest BCUT2D eigenvalue weighted by Gasteiger charge is -2.14. The second-order valence-corrected chi connectivity index (χ2v) is 8.33. The standard InChI is InChI=1S/C14H10N2O2S4/c1-8-4-5-9(21-8)7-11-13(18)16(14(19)22-11)15-12(17)10-3-2-6-20-10/h2-7H,1H3,(H,15,17)/b11-7+. The fraction of sp³-hybridized carbons (Fsp3) is 0.0714. The zero-order valence-electron chi connectivity index (χ0n) is 11.4. The summed E-state index contributed by atoms with van der Waals surface area (Å²) in [4.78, 5) is 27.6. The van der Waals surface area contributed by atoms with Crippen LogP contribution in [0.4, 0.5) is 0 Å². The lowest BCUT2D eigenvalue weighted by molar-refractivity contribution is -0.123. The van der Waals surface area contributed by atoms with Crippen molar-refractivity contribution in [3.8, 4) is 0 Å². The second-order valence-electron chi connectivity index (χ2n) is 4.38. The Morgan fingerprint density at radius 1 is 1.36 bits per heavy atom. The van der Waals surface area contributed by atoms with Gasteiger partial charge in [-0.3, -0.25) is 15.0 Å². The van der Waals surface area contributed by atoms with Crippen LogP contribution in [0.3, 0.4) is 0 Å². The van der Waals surface area contributed by atoms with E-state index in [9.17, 15) is 9.59 Å². The molecule has 1 saturated heterocycles. The summed E-state index contributed by atoms with van der Waals surface area (Å²) in [6, 6.07) is 7.43. The number of hydrazine groups is 1. The smallest absolute Gasteiger partial charge is 0.266 e. The van der Waals surface area contributed by atoms with Crippen LogP contribution in [0.2, 0.25) is 0 Å². The lowest BCUT2D eigenvalue weighted by Crippen LogP contribution is -2.44. The van der Waals surface area contributed by atoms with Crippen LogP contribution in [0, 0.1) is 6.92 Å². The minimum atomic E-state index is -0.334. The molecule has 0 spiro atoms. The molecule has 0 aliphatic carbocycles. The summed E-state index contributed by atoms with van der Waals surface area (Å²) in [6.07, 6.45) is 1.80. The van der Waals surface area contributed by atoms with Crippen molar-refractivity contribution in [3.63, 3.8) is 0 Å². The van der Waals surface area contributed by atoms with E-state index >= 15 is 0 Å². The Kier molecular flexibility index (Phi) is 4.44. The molecule has 0 saturated carbocycles. The third-order valence-electron chi connectivity index (χ3n) is 2.79. The van der Waals surface area contributed by atoms with E-state index in [0.717, 1.165) is 9.89 Å². The molecule has 2 aromatic rings. The van der Waals surface area contributed by atoms with E-state index in [0.29, 0.717) is 14.1 Å². The zero-order chi connectivity index (χ0) is 15.7. The minimum absolute atomic E-state index is 0.300. The van der Waals surface area contributed by atoms with Crippen LogP contribution in [0.1, 0.15) is 19.4 Å². The number of amides is 2. The van der Waals surface area contributed by atoms with Crippen LogP contribution in [0.15, 0.2) is 34.6 Å². The summed E-state index contributed by atoms with van der Waals surface area (Å²) in [5.74, 6) is -0.634. The molecule has 3 heterocycles. The number of aryl methyl sites for hydroxylation is 1. The van der Waals surface area contributed by atoms with Crippen molar-refractivity contribution in [2.75, 3.05) is 0 Å². The number of hydrogen-bond acceptors (Lipinski definition) is 6. The first-order chi connectivity index (χ1) is 10.5. The Balaban J connectivity index is 1.77. The quantitative estimate of drug-likeness (QED) is 0.665. The van der Waals surface area contributed by atoms with Crippen molar-refractivity contribution in [1.29, 1.82) is 0 Å². The normalized spacial score (nSPS) is 16.6. The third-order valence-corrected chi connectivity index (χ3v) is 5.91. The fourth-order valence-electron chi connectivity index (χ4n) is 1.79. The number of nitrogens with one attached hydrogen (secondary N) is 1. The Bertz CT molecular complexity index is 777. The van der Waals surface area contributed by atoms with E-state index in [4.69, 9.17) is 12.2 Å². The predicted molar refractivity (Wildman–Crippen MR) is 95.9 cm³/mol. The number of carbonyl (C=O) groups is 2. The molecule has 0 aromatic carbocycles. The summed E-state index contributed by atoms with van der Waals surface area (Å²) >= 11 is 9.28. The largest absolute Gasteiger partial charge is 0.285 e. The molecule has 1 aliphatic heterocycles. The summed E-state index contributed by atoms with van der Waals surface area (Å²) in [5, 5.41) is 2.94. The number of thioether (sulfide) groups is 1. The lowest BCUT2D eigenvalue weighted by atomic mass is 10.4. The van der Waals surface area contributed by atoms with Crippen LogP contribution in [-0.4, -0.2) is 21.1 Å². The zero-order valence-corrected chi connectivity index (χ0v) is 14.6. The van der Waals surface area contributed by atoms with Gasteiger partial charge in [0.15, 0.2) is 4.32 Å². The average molecular weight is 367 g/mol. The molecule has 2 amide bonds. The molecule has 1 fully saturated rings. The molecule has 0 bridgehead atoms. The minimum Gasteiger partial charge on any atom is -0.266 e. The number of hydrogen-bond donors (Lipinski definition) is 1. The van der Waals surface area contributed by atoms with Crippen LogP contribution >= 0.6 is 46.7 Å². The van der Waals surface area contributed by atoms with Crippen LogP contribution in [0.25, 0.3) is 6.08 Å². The van der Waals surface area contributed by atoms with Gasteiger partial charge in [0.05, 0.1) is 9.78 Å². The molecular weight excluding hydrogens is 356 g/mol. The van der Waals surface area contributed by atoms with Gasteiger partial charge in [0.25, 0.3) is 11.8 Å². The van der Waals surface area contributed by atoms with Gasteiger partial charge in [0, 0.05) is 9.75 Å². The highest BCUT2D eigenvalue weighted by Gasteiger charge is 2.34. The average Bonchev–Trinajstić information content (AvgIpc) is 3.18. The molecule has 1 aliphatic rings. The van der Waals surface area contributed by atoms with Crippen molar-refractivity contribution in [2.45, 2.75) is 6.92 Å². The van der Waals surface area contributed by atoms with Crippen molar-refractivity contribution >= 4 is 68.9 Å². The summed E-state index contributed by atoms with van der Waals surface area (Å²) in [5.41, 5.74) is 2.56. The number of rotatable bonds is 3. The van der Waals surface area contributed by atoms with E-state index in [1.807, 2.05) is 19.1 Å². The first-order valence-corrected chi connectivity index (χ1v) is 9.15. The van der Waals surface area contributed by atoms with E-state index in [2.05, 4.69) is 5.43 Å².